The zero-order chi connectivity index (χ0) is 21.1. The second-order valence-electron chi connectivity index (χ2n) is 6.60. The number of hydrogen-bond donors (Lipinski definition) is 3. The summed E-state index contributed by atoms with van der Waals surface area (Å²) >= 11 is 3.63. The van der Waals surface area contributed by atoms with Crippen LogP contribution >= 0.6 is 33.9 Å². The fraction of sp³-hybridized carbons (Fsp3) is 0.0435. The molecule has 1 amide bonds. The van der Waals surface area contributed by atoms with Crippen molar-refractivity contribution >= 4 is 61.4 Å². The fourth-order valence-electron chi connectivity index (χ4n) is 3.07. The summed E-state index contributed by atoms with van der Waals surface area (Å²) in [5.74, 6) is 0.323. The number of benzene rings is 3. The number of nitrogens with one attached hydrogen (secondary N) is 2. The van der Waals surface area contributed by atoms with Crippen LogP contribution in [-0.4, -0.2) is 11.7 Å². The molecule has 0 bridgehead atoms. The second kappa shape index (κ2) is 8.85. The zero-order valence-corrected chi connectivity index (χ0v) is 18.7. The molecule has 4 aromatic rings. The largest absolute Gasteiger partial charge is 0.475 e. The normalized spacial score (nSPS) is 11.8. The van der Waals surface area contributed by atoms with Crippen LogP contribution in [0.5, 0.6) is 5.75 Å². The number of anilines is 1. The van der Waals surface area contributed by atoms with Gasteiger partial charge in [-0.1, -0.05) is 42.5 Å². The van der Waals surface area contributed by atoms with Crippen LogP contribution in [0.2, 0.25) is 0 Å². The lowest BCUT2D eigenvalue weighted by Crippen LogP contribution is -2.25. The number of nitrogen functional groups attached to an aromatic ring is 1. The Morgan fingerprint density at radius 3 is 2.53 bits per heavy atom. The van der Waals surface area contributed by atoms with Crippen LogP contribution in [0.4, 0.5) is 5.69 Å². The Hall–Kier alpha value is -2.91. The van der Waals surface area contributed by atoms with Gasteiger partial charge in [0, 0.05) is 24.9 Å². The van der Waals surface area contributed by atoms with E-state index in [9.17, 15) is 4.79 Å². The predicted molar refractivity (Wildman–Crippen MR) is 130 cm³/mol. The third kappa shape index (κ3) is 4.47. The molecular formula is C23H18IN3O2S. The maximum atomic E-state index is 13.2. The highest BCUT2D eigenvalue weighted by atomic mass is 127. The molecule has 0 saturated heterocycles. The summed E-state index contributed by atoms with van der Waals surface area (Å²) < 4.78 is 8.23. The van der Waals surface area contributed by atoms with Crippen LogP contribution in [0, 0.1) is 8.98 Å². The number of carbonyl (C=O) groups is 1. The molecule has 0 radical (unpaired) electrons. The first kappa shape index (κ1) is 20.4. The Kier molecular flexibility index (Phi) is 6.01. The first-order valence-corrected chi connectivity index (χ1v) is 11.1. The Balaban J connectivity index is 1.70. The van der Waals surface area contributed by atoms with E-state index in [0.717, 1.165) is 19.2 Å². The molecule has 0 aliphatic carbocycles. The standard InChI is InChI=1S/C23H18IN3O2S/c24-15-8-4-9-16(12-15)27-23(28)21(14-6-2-1-3-7-14)29-18-10-5-11-19-17(18)13-20(30-19)22(25)26/h1-13,21H,(H3,25,26)(H,27,28). The van der Waals surface area contributed by atoms with Gasteiger partial charge in [0.1, 0.15) is 11.6 Å². The quantitative estimate of drug-likeness (QED) is 0.175. The molecule has 0 aliphatic heterocycles. The van der Waals surface area contributed by atoms with E-state index in [1.807, 2.05) is 78.9 Å². The monoisotopic (exact) mass is 527 g/mol. The van der Waals surface area contributed by atoms with Crippen molar-refractivity contribution in [2.75, 3.05) is 5.32 Å². The van der Waals surface area contributed by atoms with E-state index in [0.29, 0.717) is 16.3 Å². The van der Waals surface area contributed by atoms with Crippen molar-refractivity contribution in [3.05, 3.63) is 92.9 Å². The van der Waals surface area contributed by atoms with E-state index < -0.39 is 6.10 Å². The van der Waals surface area contributed by atoms with Gasteiger partial charge in [-0.2, -0.15) is 0 Å². The van der Waals surface area contributed by atoms with Crippen molar-refractivity contribution in [2.45, 2.75) is 6.10 Å². The average molecular weight is 527 g/mol. The predicted octanol–water partition coefficient (Wildman–Crippen LogP) is 5.55. The summed E-state index contributed by atoms with van der Waals surface area (Å²) in [4.78, 5) is 13.9. The molecule has 0 fully saturated rings. The number of rotatable bonds is 6. The lowest BCUT2D eigenvalue weighted by Gasteiger charge is -2.20. The summed E-state index contributed by atoms with van der Waals surface area (Å²) in [6.07, 6.45) is -0.838. The number of ether oxygens (including phenoxy) is 1. The topological polar surface area (TPSA) is 88.2 Å². The highest BCUT2D eigenvalue weighted by Gasteiger charge is 2.24. The number of nitrogens with two attached hydrogens (primary N) is 1. The molecule has 4 rings (SSSR count). The molecule has 30 heavy (non-hydrogen) atoms. The highest BCUT2D eigenvalue weighted by molar-refractivity contribution is 14.1. The Morgan fingerprint density at radius 2 is 1.80 bits per heavy atom. The summed E-state index contributed by atoms with van der Waals surface area (Å²) in [5.41, 5.74) is 7.12. The number of amidine groups is 1. The van der Waals surface area contributed by atoms with Crippen molar-refractivity contribution in [1.82, 2.24) is 0 Å². The molecule has 0 saturated carbocycles. The SMILES string of the molecule is N=C(N)c1cc2c(OC(C(=O)Nc3cccc(I)c3)c3ccccc3)cccc2s1. The third-order valence-corrected chi connectivity index (χ3v) is 6.27. The average Bonchev–Trinajstić information content (AvgIpc) is 3.18. The molecule has 0 aliphatic rings. The highest BCUT2D eigenvalue weighted by Crippen LogP contribution is 2.35. The van der Waals surface area contributed by atoms with Gasteiger partial charge < -0.3 is 15.8 Å². The Bertz CT molecular complexity index is 1220. The number of hydrogen-bond acceptors (Lipinski definition) is 4. The van der Waals surface area contributed by atoms with Gasteiger partial charge in [-0.05, 0) is 59.0 Å². The van der Waals surface area contributed by atoms with Crippen LogP contribution in [0.25, 0.3) is 10.1 Å². The Morgan fingerprint density at radius 1 is 1.03 bits per heavy atom. The number of halogens is 1. The molecule has 5 nitrogen and oxygen atoms in total. The van der Waals surface area contributed by atoms with Crippen molar-refractivity contribution in [2.24, 2.45) is 5.73 Å². The van der Waals surface area contributed by atoms with Gasteiger partial charge in [0.05, 0.1) is 4.88 Å². The molecular weight excluding hydrogens is 509 g/mol. The molecule has 1 aromatic heterocycles. The van der Waals surface area contributed by atoms with E-state index in [1.165, 1.54) is 11.3 Å². The lowest BCUT2D eigenvalue weighted by molar-refractivity contribution is -0.123. The Labute approximate surface area is 191 Å². The zero-order valence-electron chi connectivity index (χ0n) is 15.8. The van der Waals surface area contributed by atoms with Gasteiger partial charge in [-0.15, -0.1) is 11.3 Å². The van der Waals surface area contributed by atoms with Gasteiger partial charge in [-0.3, -0.25) is 10.2 Å². The minimum atomic E-state index is -0.838. The first-order valence-electron chi connectivity index (χ1n) is 9.16. The van der Waals surface area contributed by atoms with Crippen molar-refractivity contribution in [3.8, 4) is 5.75 Å². The fourth-order valence-corrected chi connectivity index (χ4v) is 4.55. The molecule has 7 heteroatoms. The molecule has 1 atom stereocenters. The minimum Gasteiger partial charge on any atom is -0.475 e. The van der Waals surface area contributed by atoms with Crippen LogP contribution in [0.3, 0.4) is 0 Å². The van der Waals surface area contributed by atoms with Crippen molar-refractivity contribution in [1.29, 1.82) is 5.41 Å². The molecule has 1 heterocycles. The second-order valence-corrected chi connectivity index (χ2v) is 8.93. The summed E-state index contributed by atoms with van der Waals surface area (Å²) in [6.45, 7) is 0. The molecule has 0 spiro atoms. The lowest BCUT2D eigenvalue weighted by atomic mass is 10.1. The van der Waals surface area contributed by atoms with Crippen LogP contribution in [-0.2, 0) is 4.79 Å². The number of fused-ring (bicyclic) bond motifs is 1. The third-order valence-electron chi connectivity index (χ3n) is 4.46. The molecule has 4 N–H and O–H groups in total. The maximum absolute atomic E-state index is 13.2. The van der Waals surface area contributed by atoms with Crippen LogP contribution < -0.4 is 15.8 Å². The van der Waals surface area contributed by atoms with Crippen molar-refractivity contribution in [3.63, 3.8) is 0 Å². The van der Waals surface area contributed by atoms with Gasteiger partial charge >= 0.3 is 0 Å². The van der Waals surface area contributed by atoms with E-state index >= 15 is 0 Å². The van der Waals surface area contributed by atoms with E-state index in [1.54, 1.807) is 0 Å². The molecule has 3 aromatic carbocycles. The van der Waals surface area contributed by atoms with Crippen LogP contribution in [0.15, 0.2) is 78.9 Å². The van der Waals surface area contributed by atoms with E-state index in [2.05, 4.69) is 27.9 Å². The number of amides is 1. The summed E-state index contributed by atoms with van der Waals surface area (Å²) in [7, 11) is 0. The van der Waals surface area contributed by atoms with E-state index in [-0.39, 0.29) is 11.7 Å². The van der Waals surface area contributed by atoms with E-state index in [4.69, 9.17) is 15.9 Å². The van der Waals surface area contributed by atoms with Gasteiger partial charge in [-0.25, -0.2) is 0 Å². The van der Waals surface area contributed by atoms with Gasteiger partial charge in [0.25, 0.3) is 5.91 Å². The van der Waals surface area contributed by atoms with Crippen molar-refractivity contribution < 1.29 is 9.53 Å². The number of thiophene rings is 1. The number of carbonyl (C=O) groups excluding carboxylic acids is 1. The summed E-state index contributed by atoms with van der Waals surface area (Å²) in [5, 5.41) is 11.5. The van der Waals surface area contributed by atoms with Gasteiger partial charge in [0.15, 0.2) is 0 Å². The molecule has 1 unspecified atom stereocenters. The minimum absolute atomic E-state index is 0.0122. The smallest absolute Gasteiger partial charge is 0.270 e. The van der Waals surface area contributed by atoms with Gasteiger partial charge in [0.2, 0.25) is 6.10 Å². The first-order chi connectivity index (χ1) is 14.5. The van der Waals surface area contributed by atoms with Crippen LogP contribution in [0.1, 0.15) is 16.5 Å². The summed E-state index contributed by atoms with van der Waals surface area (Å²) in [6, 6.07) is 24.5. The maximum Gasteiger partial charge on any atom is 0.270 e. The molecule has 150 valence electrons.